The van der Waals surface area contributed by atoms with Gasteiger partial charge in [0.25, 0.3) is 0 Å². The summed E-state index contributed by atoms with van der Waals surface area (Å²) >= 11 is 8.17. The number of benzene rings is 6. The van der Waals surface area contributed by atoms with Crippen LogP contribution in [0.25, 0.3) is 64.3 Å². The summed E-state index contributed by atoms with van der Waals surface area (Å²) < 4.78 is 15.6. The van der Waals surface area contributed by atoms with E-state index in [-0.39, 0.29) is 5.75 Å². The van der Waals surface area contributed by atoms with E-state index in [2.05, 4.69) is 48.5 Å². The Bertz CT molecular complexity index is 2100. The monoisotopic (exact) mass is 574 g/mol. The van der Waals surface area contributed by atoms with Gasteiger partial charge in [-0.1, -0.05) is 103 Å². The first-order valence-electron chi connectivity index (χ1n) is 12.9. The average molecular weight is 575 g/mol. The first-order valence-corrected chi connectivity index (χ1v) is 15.6. The number of phenolic OH excluding ortho intramolecular Hbond substituents is 1. The van der Waals surface area contributed by atoms with Crippen LogP contribution in [-0.2, 0) is 10.8 Å². The van der Waals surface area contributed by atoms with Gasteiger partial charge in [-0.3, -0.25) is 4.21 Å². The molecule has 0 saturated heterocycles. The molecule has 40 heavy (non-hydrogen) atoms. The van der Waals surface area contributed by atoms with Gasteiger partial charge in [0.05, 0.1) is 15.7 Å². The van der Waals surface area contributed by atoms with E-state index in [1.54, 1.807) is 23.7 Å². The quantitative estimate of drug-likeness (QED) is 0.227. The lowest BCUT2D eigenvalue weighted by Gasteiger charge is -2.19. The third-order valence-electron chi connectivity index (χ3n) is 7.39. The number of aromatic hydroxyl groups is 1. The molecule has 1 N–H and O–H groups in total. The summed E-state index contributed by atoms with van der Waals surface area (Å²) in [6.45, 7) is 0. The average Bonchev–Trinajstić information content (AvgIpc) is 3.35. The fourth-order valence-electron chi connectivity index (χ4n) is 5.72. The van der Waals surface area contributed by atoms with Gasteiger partial charge in [0.15, 0.2) is 0 Å². The molecule has 1 heterocycles. The third-order valence-corrected chi connectivity index (χ3v) is 9.80. The fraction of sp³-hybridized carbons (Fsp3) is 0.0286. The molecular weight excluding hydrogens is 552 g/mol. The van der Waals surface area contributed by atoms with Crippen molar-refractivity contribution in [1.29, 1.82) is 0 Å². The van der Waals surface area contributed by atoms with Gasteiger partial charge in [0, 0.05) is 42.6 Å². The molecule has 2 nitrogen and oxygen atoms in total. The van der Waals surface area contributed by atoms with E-state index in [0.29, 0.717) is 15.5 Å². The van der Waals surface area contributed by atoms with Gasteiger partial charge in [0.1, 0.15) is 5.75 Å². The van der Waals surface area contributed by atoms with Crippen LogP contribution in [0.2, 0.25) is 5.02 Å². The van der Waals surface area contributed by atoms with Crippen LogP contribution in [0.5, 0.6) is 5.75 Å². The minimum absolute atomic E-state index is 0.116. The second-order valence-electron chi connectivity index (χ2n) is 9.80. The molecule has 0 aliphatic heterocycles. The summed E-state index contributed by atoms with van der Waals surface area (Å²) in [7, 11) is -1.36. The zero-order valence-electron chi connectivity index (χ0n) is 21.5. The number of phenols is 1. The largest absolute Gasteiger partial charge is 0.507 e. The molecule has 0 radical (unpaired) electrons. The number of thiophene rings is 1. The van der Waals surface area contributed by atoms with Crippen LogP contribution < -0.4 is 0 Å². The second kappa shape index (κ2) is 9.90. The van der Waals surface area contributed by atoms with Gasteiger partial charge in [-0.15, -0.1) is 11.3 Å². The van der Waals surface area contributed by atoms with Crippen molar-refractivity contribution in [1.82, 2.24) is 0 Å². The van der Waals surface area contributed by atoms with Gasteiger partial charge in [0.2, 0.25) is 0 Å². The predicted molar refractivity (Wildman–Crippen MR) is 172 cm³/mol. The SMILES string of the molecule is CS(=O)c1c(-c2cc(-c3ccccc3)c(-c3ccccc3)c3sc4cc(Cl)ccc4c23)c(O)cc2ccccc12. The highest BCUT2D eigenvalue weighted by molar-refractivity contribution is 7.84. The number of hydrogen-bond acceptors (Lipinski definition) is 3. The first kappa shape index (κ1) is 25.0. The van der Waals surface area contributed by atoms with Crippen molar-refractivity contribution < 1.29 is 9.32 Å². The fourth-order valence-corrected chi connectivity index (χ4v) is 8.29. The highest BCUT2D eigenvalue weighted by atomic mass is 35.5. The van der Waals surface area contributed by atoms with Crippen LogP contribution in [0.4, 0.5) is 0 Å². The van der Waals surface area contributed by atoms with Gasteiger partial charge in [-0.05, 0) is 57.3 Å². The van der Waals surface area contributed by atoms with Gasteiger partial charge in [-0.2, -0.15) is 0 Å². The van der Waals surface area contributed by atoms with Crippen LogP contribution in [0.1, 0.15) is 0 Å². The van der Waals surface area contributed by atoms with Crippen molar-refractivity contribution in [3.63, 3.8) is 0 Å². The molecule has 1 unspecified atom stereocenters. The van der Waals surface area contributed by atoms with Crippen LogP contribution in [-0.4, -0.2) is 15.6 Å². The summed E-state index contributed by atoms with van der Waals surface area (Å²) in [5.41, 5.74) is 5.82. The van der Waals surface area contributed by atoms with Crippen molar-refractivity contribution in [2.75, 3.05) is 6.26 Å². The Morgan fingerprint density at radius 3 is 2.10 bits per heavy atom. The molecule has 0 saturated carbocycles. The van der Waals surface area contributed by atoms with E-state index in [1.165, 1.54) is 0 Å². The number of halogens is 1. The summed E-state index contributed by atoms with van der Waals surface area (Å²) in [6, 6.07) is 38.5. The molecule has 194 valence electrons. The minimum Gasteiger partial charge on any atom is -0.507 e. The maximum absolute atomic E-state index is 13.4. The molecule has 7 rings (SSSR count). The van der Waals surface area contributed by atoms with Gasteiger partial charge in [-0.25, -0.2) is 0 Å². The van der Waals surface area contributed by atoms with Crippen molar-refractivity contribution in [2.24, 2.45) is 0 Å². The highest BCUT2D eigenvalue weighted by Gasteiger charge is 2.25. The molecule has 1 atom stereocenters. The Morgan fingerprint density at radius 2 is 1.38 bits per heavy atom. The molecule has 0 aliphatic rings. The summed E-state index contributed by atoms with van der Waals surface area (Å²) in [5.74, 6) is 0.116. The normalized spacial score (nSPS) is 12.3. The molecule has 6 aromatic carbocycles. The van der Waals surface area contributed by atoms with Crippen molar-refractivity contribution in [3.05, 3.63) is 120 Å². The van der Waals surface area contributed by atoms with Crippen LogP contribution in [0, 0.1) is 0 Å². The number of fused-ring (bicyclic) bond motifs is 4. The van der Waals surface area contributed by atoms with E-state index in [4.69, 9.17) is 11.6 Å². The maximum atomic E-state index is 13.4. The van der Waals surface area contributed by atoms with Crippen LogP contribution >= 0.6 is 22.9 Å². The van der Waals surface area contributed by atoms with E-state index in [0.717, 1.165) is 58.8 Å². The molecule has 1 aromatic heterocycles. The molecular formula is C35H23ClO2S2. The molecule has 0 bridgehead atoms. The van der Waals surface area contributed by atoms with E-state index < -0.39 is 10.8 Å². The summed E-state index contributed by atoms with van der Waals surface area (Å²) in [4.78, 5) is 0.636. The molecule has 0 amide bonds. The van der Waals surface area contributed by atoms with Crippen molar-refractivity contribution >= 4 is 64.7 Å². The highest BCUT2D eigenvalue weighted by Crippen LogP contribution is 2.52. The Balaban J connectivity index is 1.74. The lowest BCUT2D eigenvalue weighted by atomic mass is 9.87. The Kier molecular flexibility index (Phi) is 6.20. The van der Waals surface area contributed by atoms with E-state index in [9.17, 15) is 9.32 Å². The zero-order valence-corrected chi connectivity index (χ0v) is 23.9. The topological polar surface area (TPSA) is 37.3 Å². The smallest absolute Gasteiger partial charge is 0.125 e. The second-order valence-corrected chi connectivity index (χ2v) is 12.6. The molecule has 0 spiro atoms. The van der Waals surface area contributed by atoms with Gasteiger partial charge >= 0.3 is 0 Å². The van der Waals surface area contributed by atoms with Crippen LogP contribution in [0.3, 0.4) is 0 Å². The van der Waals surface area contributed by atoms with Crippen molar-refractivity contribution in [2.45, 2.75) is 4.90 Å². The molecule has 0 fully saturated rings. The molecule has 0 aliphatic carbocycles. The maximum Gasteiger partial charge on any atom is 0.125 e. The van der Waals surface area contributed by atoms with Gasteiger partial charge < -0.3 is 5.11 Å². The van der Waals surface area contributed by atoms with Crippen LogP contribution in [0.15, 0.2) is 120 Å². The molecule has 7 aromatic rings. The predicted octanol–water partition coefficient (Wildman–Crippen LogP) is 10.3. The summed E-state index contributed by atoms with van der Waals surface area (Å²) in [5, 5.41) is 16.1. The number of hydrogen-bond donors (Lipinski definition) is 1. The lowest BCUT2D eigenvalue weighted by Crippen LogP contribution is -1.97. The Morgan fingerprint density at radius 1 is 0.700 bits per heavy atom. The van der Waals surface area contributed by atoms with E-state index >= 15 is 0 Å². The standard InChI is InChI=1S/C35H23ClO2S2/c1-40(38)35-25-15-9-8-14-23(25)18-29(37)33(35)28-20-27(21-10-4-2-5-11-21)31(22-12-6-3-7-13-22)34-32(28)26-17-16-24(36)19-30(26)39-34/h2-20,37H,1H3. The Labute approximate surface area is 243 Å². The lowest BCUT2D eigenvalue weighted by molar-refractivity contribution is 0.477. The minimum atomic E-state index is -1.36. The Hall–Kier alpha value is -3.96. The van der Waals surface area contributed by atoms with E-state index in [1.807, 2.05) is 60.7 Å². The van der Waals surface area contributed by atoms with Crippen molar-refractivity contribution in [3.8, 4) is 39.1 Å². The zero-order chi connectivity index (χ0) is 27.4. The number of rotatable bonds is 4. The molecule has 5 heteroatoms. The third kappa shape index (κ3) is 4.03. The summed E-state index contributed by atoms with van der Waals surface area (Å²) in [6.07, 6.45) is 1.68. The first-order chi connectivity index (χ1) is 19.5.